The van der Waals surface area contributed by atoms with E-state index in [0.29, 0.717) is 24.7 Å². The summed E-state index contributed by atoms with van der Waals surface area (Å²) in [4.78, 5) is 4.46. The normalized spacial score (nSPS) is 15.9. The maximum Gasteiger partial charge on any atom is 0.417 e. The minimum absolute atomic E-state index is 0.106. The van der Waals surface area contributed by atoms with Gasteiger partial charge in [-0.1, -0.05) is 18.2 Å². The van der Waals surface area contributed by atoms with E-state index in [1.807, 2.05) is 0 Å². The van der Waals surface area contributed by atoms with Gasteiger partial charge in [-0.3, -0.25) is 5.41 Å². The Hall–Kier alpha value is -3.32. The van der Waals surface area contributed by atoms with E-state index in [4.69, 9.17) is 16.3 Å². The molecule has 2 aromatic carbocycles. The molecule has 0 bridgehead atoms. The average Bonchev–Trinajstić information content (AvgIpc) is 3.34. The Balaban J connectivity index is 1.98. The van der Waals surface area contributed by atoms with Crippen molar-refractivity contribution in [3.8, 4) is 11.1 Å². The maximum absolute atomic E-state index is 13.6. The second-order valence-electron chi connectivity index (χ2n) is 7.00. The summed E-state index contributed by atoms with van der Waals surface area (Å²) in [6, 6.07) is 6.96. The SMILES string of the molecule is N=C(N)N1Cc2ccc(-c3ccc(C(F)(F)F)c(S(N)(=O)=O)c3C3=NCN=N3)cc2C1. The van der Waals surface area contributed by atoms with Crippen LogP contribution in [-0.2, 0) is 29.3 Å². The summed E-state index contributed by atoms with van der Waals surface area (Å²) in [5.41, 5.74) is 6.12. The van der Waals surface area contributed by atoms with E-state index < -0.39 is 26.7 Å². The van der Waals surface area contributed by atoms with E-state index in [1.165, 1.54) is 6.07 Å². The summed E-state index contributed by atoms with van der Waals surface area (Å²) < 4.78 is 65.4. The molecule has 162 valence electrons. The first kappa shape index (κ1) is 20.9. The maximum atomic E-state index is 13.6. The molecule has 2 aliphatic heterocycles. The number of azo groups is 1. The smallest absolute Gasteiger partial charge is 0.370 e. The summed E-state index contributed by atoms with van der Waals surface area (Å²) >= 11 is 0. The fourth-order valence-corrected chi connectivity index (χ4v) is 4.63. The Kier molecular flexibility index (Phi) is 4.81. The number of guanidine groups is 1. The predicted molar refractivity (Wildman–Crippen MR) is 106 cm³/mol. The number of alkyl halides is 3. The molecule has 13 heteroatoms. The summed E-state index contributed by atoms with van der Waals surface area (Å²) in [6.07, 6.45) is -4.97. The van der Waals surface area contributed by atoms with Crippen molar-refractivity contribution in [2.75, 3.05) is 6.67 Å². The standard InChI is InChI=1S/C18H16F3N7O2S/c19-18(20,21)13-4-3-12(14(15(13)31(24,29)30)16-25-8-26-27-16)9-1-2-10-6-28(17(22)23)7-11(10)5-9/h1-5H,6-8H2,(H3,22,23)(H2,24,29,30). The van der Waals surface area contributed by atoms with E-state index in [-0.39, 0.29) is 29.6 Å². The van der Waals surface area contributed by atoms with E-state index in [1.54, 1.807) is 23.1 Å². The van der Waals surface area contributed by atoms with Crippen LogP contribution in [0.15, 0.2) is 50.4 Å². The number of primary sulfonamides is 1. The van der Waals surface area contributed by atoms with Crippen LogP contribution in [0.5, 0.6) is 0 Å². The molecule has 0 fully saturated rings. The molecule has 0 saturated heterocycles. The predicted octanol–water partition coefficient (Wildman–Crippen LogP) is 2.40. The van der Waals surface area contributed by atoms with E-state index in [0.717, 1.165) is 11.1 Å². The van der Waals surface area contributed by atoms with Crippen molar-refractivity contribution < 1.29 is 21.6 Å². The van der Waals surface area contributed by atoms with Gasteiger partial charge in [0.25, 0.3) is 0 Å². The van der Waals surface area contributed by atoms with Crippen molar-refractivity contribution >= 4 is 21.8 Å². The Labute approximate surface area is 174 Å². The first-order valence-electron chi connectivity index (χ1n) is 8.87. The van der Waals surface area contributed by atoms with E-state index in [2.05, 4.69) is 15.2 Å². The fraction of sp³-hybridized carbons (Fsp3) is 0.222. The highest BCUT2D eigenvalue weighted by Gasteiger charge is 2.40. The lowest BCUT2D eigenvalue weighted by Crippen LogP contribution is -2.31. The lowest BCUT2D eigenvalue weighted by Gasteiger charge is -2.18. The van der Waals surface area contributed by atoms with Gasteiger partial charge in [-0.15, -0.1) is 5.11 Å². The van der Waals surface area contributed by atoms with Gasteiger partial charge in [-0.25, -0.2) is 18.5 Å². The number of sulfonamides is 1. The third-order valence-electron chi connectivity index (χ3n) is 5.00. The van der Waals surface area contributed by atoms with Gasteiger partial charge in [0.1, 0.15) is 4.90 Å². The molecule has 2 heterocycles. The molecule has 0 saturated carbocycles. The van der Waals surface area contributed by atoms with Gasteiger partial charge in [-0.2, -0.15) is 18.3 Å². The van der Waals surface area contributed by atoms with Crippen LogP contribution in [0.2, 0.25) is 0 Å². The number of benzene rings is 2. The molecule has 4 rings (SSSR count). The van der Waals surface area contributed by atoms with Gasteiger partial charge in [-0.05, 0) is 34.4 Å². The molecule has 2 aliphatic rings. The fourth-order valence-electron chi connectivity index (χ4n) is 3.65. The molecule has 0 aromatic heterocycles. The largest absolute Gasteiger partial charge is 0.417 e. The number of hydrogen-bond donors (Lipinski definition) is 3. The second-order valence-corrected chi connectivity index (χ2v) is 8.50. The Morgan fingerprint density at radius 1 is 1.13 bits per heavy atom. The first-order valence-corrected chi connectivity index (χ1v) is 10.4. The summed E-state index contributed by atoms with van der Waals surface area (Å²) in [5, 5.41) is 20.2. The van der Waals surface area contributed by atoms with Crippen molar-refractivity contribution in [3.05, 3.63) is 52.6 Å². The zero-order valence-electron chi connectivity index (χ0n) is 15.8. The molecule has 0 unspecified atom stereocenters. The Morgan fingerprint density at radius 3 is 2.42 bits per heavy atom. The number of nitrogens with one attached hydrogen (secondary N) is 1. The number of hydrogen-bond acceptors (Lipinski definition) is 6. The zero-order chi connectivity index (χ0) is 22.6. The van der Waals surface area contributed by atoms with Crippen LogP contribution in [0.3, 0.4) is 0 Å². The first-order chi connectivity index (χ1) is 14.5. The highest BCUT2D eigenvalue weighted by Crippen LogP contribution is 2.41. The van der Waals surface area contributed by atoms with Gasteiger partial charge < -0.3 is 10.6 Å². The topological polar surface area (TPSA) is 150 Å². The monoisotopic (exact) mass is 451 g/mol. The third kappa shape index (κ3) is 3.77. The molecule has 5 N–H and O–H groups in total. The van der Waals surface area contributed by atoms with Crippen molar-refractivity contribution in [2.24, 2.45) is 26.1 Å². The molecule has 31 heavy (non-hydrogen) atoms. The summed E-state index contributed by atoms with van der Waals surface area (Å²) in [7, 11) is -4.80. The van der Waals surface area contributed by atoms with Crippen molar-refractivity contribution in [1.29, 1.82) is 5.41 Å². The molecular formula is C18H16F3N7O2S. The number of nitrogens with two attached hydrogens (primary N) is 2. The van der Waals surface area contributed by atoms with Crippen LogP contribution in [0, 0.1) is 5.41 Å². The molecule has 0 radical (unpaired) electrons. The van der Waals surface area contributed by atoms with Gasteiger partial charge in [0.15, 0.2) is 18.5 Å². The highest BCUT2D eigenvalue weighted by atomic mass is 32.2. The van der Waals surface area contributed by atoms with Crippen LogP contribution in [0.1, 0.15) is 22.3 Å². The van der Waals surface area contributed by atoms with Crippen molar-refractivity contribution in [2.45, 2.75) is 24.2 Å². The van der Waals surface area contributed by atoms with Crippen LogP contribution in [-0.4, -0.2) is 31.8 Å². The Bertz CT molecular complexity index is 1270. The minimum atomic E-state index is -4.97. The lowest BCUT2D eigenvalue weighted by atomic mass is 9.94. The van der Waals surface area contributed by atoms with Crippen LogP contribution < -0.4 is 10.9 Å². The number of aliphatic imine (C=N–C) groups is 1. The summed E-state index contributed by atoms with van der Waals surface area (Å²) in [5.74, 6) is -0.346. The van der Waals surface area contributed by atoms with E-state index >= 15 is 0 Å². The number of amidine groups is 1. The molecular weight excluding hydrogens is 435 g/mol. The number of fused-ring (bicyclic) bond motifs is 1. The van der Waals surface area contributed by atoms with Gasteiger partial charge in [0, 0.05) is 18.7 Å². The van der Waals surface area contributed by atoms with Gasteiger partial charge in [0.2, 0.25) is 10.0 Å². The lowest BCUT2D eigenvalue weighted by molar-refractivity contribution is -0.139. The van der Waals surface area contributed by atoms with E-state index in [9.17, 15) is 21.6 Å². The number of halogens is 3. The number of nitrogens with zero attached hydrogens (tertiary/aromatic N) is 4. The molecule has 2 aromatic rings. The average molecular weight is 451 g/mol. The molecule has 9 nitrogen and oxygen atoms in total. The van der Waals surface area contributed by atoms with Gasteiger partial charge >= 0.3 is 6.18 Å². The molecule has 0 aliphatic carbocycles. The van der Waals surface area contributed by atoms with Crippen LogP contribution in [0.4, 0.5) is 13.2 Å². The molecule has 0 atom stereocenters. The minimum Gasteiger partial charge on any atom is -0.370 e. The van der Waals surface area contributed by atoms with Crippen molar-refractivity contribution in [3.63, 3.8) is 0 Å². The van der Waals surface area contributed by atoms with Crippen molar-refractivity contribution in [1.82, 2.24) is 4.90 Å². The van der Waals surface area contributed by atoms with Gasteiger partial charge in [0.05, 0.1) is 5.56 Å². The highest BCUT2D eigenvalue weighted by molar-refractivity contribution is 7.89. The molecule has 0 spiro atoms. The van der Waals surface area contributed by atoms with Crippen LogP contribution >= 0.6 is 0 Å². The van der Waals surface area contributed by atoms with Crippen LogP contribution in [0.25, 0.3) is 11.1 Å². The second kappa shape index (κ2) is 7.13. The third-order valence-corrected chi connectivity index (χ3v) is 5.99. The Morgan fingerprint density at radius 2 is 1.84 bits per heavy atom. The summed E-state index contributed by atoms with van der Waals surface area (Å²) in [6.45, 7) is 0.637. The quantitative estimate of drug-likeness (QED) is 0.485. The zero-order valence-corrected chi connectivity index (χ0v) is 16.6. The molecule has 0 amide bonds. The number of rotatable bonds is 3.